The maximum Gasteiger partial charge on any atom is 0.255 e. The number of benzene rings is 1. The van der Waals surface area contributed by atoms with Gasteiger partial charge in [0.2, 0.25) is 0 Å². The molecule has 1 fully saturated rings. The summed E-state index contributed by atoms with van der Waals surface area (Å²) in [5.41, 5.74) is 3.23. The highest BCUT2D eigenvalue weighted by Gasteiger charge is 2.33. The Balaban J connectivity index is 1.16. The summed E-state index contributed by atoms with van der Waals surface area (Å²) in [6.45, 7) is 4.63. The summed E-state index contributed by atoms with van der Waals surface area (Å²) >= 11 is 3.22. The maximum absolute atomic E-state index is 13.7. The van der Waals surface area contributed by atoms with Crippen LogP contribution in [0.5, 0.6) is 5.75 Å². The van der Waals surface area contributed by atoms with Gasteiger partial charge in [0.05, 0.1) is 44.9 Å². The van der Waals surface area contributed by atoms with Crippen LogP contribution in [0.25, 0.3) is 10.6 Å². The number of thiazole rings is 2. The number of aryl methyl sites for hydroxylation is 2. The van der Waals surface area contributed by atoms with E-state index in [0.29, 0.717) is 25.1 Å². The number of carbonyl (C=O) groups is 1. The minimum Gasteiger partial charge on any atom is -0.484 e. The average molecular weight is 499 g/mol. The second-order valence-electron chi connectivity index (χ2n) is 8.01. The molecule has 0 unspecified atom stereocenters. The lowest BCUT2D eigenvalue weighted by molar-refractivity contribution is 0.0163. The Hall–Kier alpha value is -3.24. The third kappa shape index (κ3) is 4.69. The molecule has 0 N–H and O–H groups in total. The predicted octanol–water partition coefficient (Wildman–Crippen LogP) is 5.05. The van der Waals surface area contributed by atoms with E-state index in [-0.39, 0.29) is 17.8 Å². The molecule has 10 heteroatoms. The molecule has 0 radical (unpaired) electrons. The topological polar surface area (TPSA) is 68.2 Å². The molecule has 3 aromatic heterocycles. The van der Waals surface area contributed by atoms with Crippen molar-refractivity contribution in [1.82, 2.24) is 19.9 Å². The summed E-state index contributed by atoms with van der Waals surface area (Å²) in [6, 6.07) is 6.75. The molecular weight excluding hydrogens is 478 g/mol. The number of rotatable bonds is 6. The summed E-state index contributed by atoms with van der Waals surface area (Å²) in [5.74, 6) is -1.60. The van der Waals surface area contributed by atoms with Crippen molar-refractivity contribution in [2.24, 2.45) is 0 Å². The number of pyridine rings is 1. The van der Waals surface area contributed by atoms with E-state index in [9.17, 15) is 13.6 Å². The van der Waals surface area contributed by atoms with Gasteiger partial charge < -0.3 is 9.64 Å². The lowest BCUT2D eigenvalue weighted by Gasteiger charge is -2.39. The van der Waals surface area contributed by atoms with Crippen molar-refractivity contribution in [2.45, 2.75) is 26.4 Å². The van der Waals surface area contributed by atoms with Gasteiger partial charge in [-0.05, 0) is 38.1 Å². The van der Waals surface area contributed by atoms with Crippen LogP contribution in [0.3, 0.4) is 0 Å². The molecule has 0 bridgehead atoms. The second-order valence-corrected chi connectivity index (χ2v) is 10.2. The average Bonchev–Trinajstić information content (AvgIpc) is 3.37. The van der Waals surface area contributed by atoms with E-state index in [0.717, 1.165) is 44.1 Å². The molecule has 1 aromatic carbocycles. The van der Waals surface area contributed by atoms with E-state index in [4.69, 9.17) is 9.72 Å². The Labute approximate surface area is 202 Å². The molecule has 1 aliphatic rings. The first-order chi connectivity index (χ1) is 16.4. The van der Waals surface area contributed by atoms with Gasteiger partial charge in [0.15, 0.2) is 11.6 Å². The van der Waals surface area contributed by atoms with Gasteiger partial charge in [0, 0.05) is 29.8 Å². The zero-order valence-electron chi connectivity index (χ0n) is 18.4. The summed E-state index contributed by atoms with van der Waals surface area (Å²) < 4.78 is 32.3. The number of amides is 1. The van der Waals surface area contributed by atoms with Gasteiger partial charge in [-0.3, -0.25) is 9.78 Å². The summed E-state index contributed by atoms with van der Waals surface area (Å²) in [4.78, 5) is 29.0. The number of ether oxygens (including phenoxy) is 1. The molecule has 0 saturated carbocycles. The lowest BCUT2D eigenvalue weighted by Crippen LogP contribution is -2.56. The minimum absolute atomic E-state index is 0.0181. The molecule has 0 atom stereocenters. The number of nitrogens with zero attached hydrogens (tertiary/aromatic N) is 4. The normalized spacial score (nSPS) is 13.7. The first-order valence-electron chi connectivity index (χ1n) is 10.6. The van der Waals surface area contributed by atoms with Crippen LogP contribution in [0, 0.1) is 25.5 Å². The van der Waals surface area contributed by atoms with Crippen molar-refractivity contribution in [1.29, 1.82) is 0 Å². The van der Waals surface area contributed by atoms with Gasteiger partial charge in [-0.1, -0.05) is 0 Å². The van der Waals surface area contributed by atoms with E-state index in [1.807, 2.05) is 25.3 Å². The highest BCUT2D eigenvalue weighted by atomic mass is 32.1. The zero-order chi connectivity index (χ0) is 23.8. The van der Waals surface area contributed by atoms with E-state index < -0.39 is 11.6 Å². The zero-order valence-corrected chi connectivity index (χ0v) is 20.1. The van der Waals surface area contributed by atoms with Crippen molar-refractivity contribution in [3.63, 3.8) is 0 Å². The van der Waals surface area contributed by atoms with Crippen LogP contribution in [-0.4, -0.2) is 45.0 Å². The monoisotopic (exact) mass is 498 g/mol. The summed E-state index contributed by atoms with van der Waals surface area (Å²) in [5, 5.41) is 4.00. The summed E-state index contributed by atoms with van der Waals surface area (Å²) in [7, 11) is 0. The molecular formula is C24H20F2N4O2S2. The molecule has 1 saturated heterocycles. The quantitative estimate of drug-likeness (QED) is 0.372. The molecule has 4 aromatic rings. The van der Waals surface area contributed by atoms with Crippen molar-refractivity contribution < 1.29 is 18.3 Å². The van der Waals surface area contributed by atoms with Crippen LogP contribution in [0.1, 0.15) is 31.8 Å². The van der Waals surface area contributed by atoms with E-state index in [1.165, 1.54) is 6.07 Å². The first-order valence-corrected chi connectivity index (χ1v) is 12.3. The van der Waals surface area contributed by atoms with Gasteiger partial charge in [-0.25, -0.2) is 18.7 Å². The Morgan fingerprint density at radius 2 is 2.00 bits per heavy atom. The first kappa shape index (κ1) is 22.5. The molecule has 4 heterocycles. The Morgan fingerprint density at radius 3 is 2.68 bits per heavy atom. The van der Waals surface area contributed by atoms with E-state index in [2.05, 4.69) is 9.97 Å². The van der Waals surface area contributed by atoms with E-state index in [1.54, 1.807) is 39.8 Å². The van der Waals surface area contributed by atoms with Gasteiger partial charge in [0.1, 0.15) is 11.9 Å². The molecule has 1 aliphatic heterocycles. The van der Waals surface area contributed by atoms with Crippen LogP contribution >= 0.6 is 22.7 Å². The lowest BCUT2D eigenvalue weighted by atomic mass is 10.1. The van der Waals surface area contributed by atoms with Gasteiger partial charge in [-0.2, -0.15) is 0 Å². The fraction of sp³-hybridized carbons (Fsp3) is 0.250. The maximum atomic E-state index is 13.7. The third-order valence-corrected chi connectivity index (χ3v) is 7.36. The Kier molecular flexibility index (Phi) is 6.09. The van der Waals surface area contributed by atoms with Gasteiger partial charge in [0.25, 0.3) is 5.91 Å². The number of hydrogen-bond donors (Lipinski definition) is 0. The minimum atomic E-state index is -0.755. The van der Waals surface area contributed by atoms with E-state index >= 15 is 0 Å². The van der Waals surface area contributed by atoms with Crippen LogP contribution in [0.2, 0.25) is 0 Å². The van der Waals surface area contributed by atoms with Crippen molar-refractivity contribution in [2.75, 3.05) is 13.1 Å². The molecule has 34 heavy (non-hydrogen) atoms. The molecule has 5 rings (SSSR count). The largest absolute Gasteiger partial charge is 0.484 e. The van der Waals surface area contributed by atoms with Crippen molar-refractivity contribution in [3.8, 4) is 16.3 Å². The Morgan fingerprint density at radius 1 is 1.18 bits per heavy atom. The molecule has 1 amide bonds. The molecule has 174 valence electrons. The number of hydrogen-bond acceptors (Lipinski definition) is 7. The van der Waals surface area contributed by atoms with Crippen molar-refractivity contribution in [3.05, 3.63) is 80.5 Å². The van der Waals surface area contributed by atoms with Crippen LogP contribution in [-0.2, 0) is 6.42 Å². The van der Waals surface area contributed by atoms with Crippen molar-refractivity contribution >= 4 is 28.6 Å². The van der Waals surface area contributed by atoms with Crippen LogP contribution in [0.4, 0.5) is 8.78 Å². The summed E-state index contributed by atoms with van der Waals surface area (Å²) in [6.07, 6.45) is 1.82. The second kappa shape index (κ2) is 9.19. The SMILES string of the molecule is Cc1nc(C)c(-c2csc(Cc3ccc(C(=O)N4CC(Oc5ccc(F)cc5F)C4)cn3)n2)s1. The highest BCUT2D eigenvalue weighted by molar-refractivity contribution is 7.16. The fourth-order valence-corrected chi connectivity index (χ4v) is 5.44. The standard InChI is InChI=1S/C24H20F2N4O2S2/c1-13-23(34-14(2)28-13)20-12-33-22(29-20)8-17-5-3-15(9-27-17)24(31)30-10-18(11-30)32-21-6-4-16(25)7-19(21)26/h3-7,9,12,18H,8,10-11H2,1-2H3. The highest BCUT2D eigenvalue weighted by Crippen LogP contribution is 2.31. The molecule has 0 aliphatic carbocycles. The molecule has 0 spiro atoms. The number of halogens is 2. The van der Waals surface area contributed by atoms with Crippen LogP contribution in [0.15, 0.2) is 41.9 Å². The van der Waals surface area contributed by atoms with Crippen LogP contribution < -0.4 is 4.74 Å². The Bertz CT molecular complexity index is 1350. The smallest absolute Gasteiger partial charge is 0.255 e. The number of aromatic nitrogens is 3. The van der Waals surface area contributed by atoms with Gasteiger partial charge in [-0.15, -0.1) is 22.7 Å². The number of likely N-dealkylation sites (tertiary alicyclic amines) is 1. The molecule has 6 nitrogen and oxygen atoms in total. The van der Waals surface area contributed by atoms with Gasteiger partial charge >= 0.3 is 0 Å². The number of carbonyl (C=O) groups excluding carboxylic acids is 1. The predicted molar refractivity (Wildman–Crippen MR) is 126 cm³/mol. The fourth-order valence-electron chi connectivity index (χ4n) is 3.69. The third-order valence-electron chi connectivity index (χ3n) is 5.41.